The van der Waals surface area contributed by atoms with Crippen molar-refractivity contribution in [3.63, 3.8) is 0 Å². The molecule has 11 heavy (non-hydrogen) atoms. The third kappa shape index (κ3) is 5.88. The molecule has 0 amide bonds. The van der Waals surface area contributed by atoms with Gasteiger partial charge in [0.25, 0.3) is 0 Å². The van der Waals surface area contributed by atoms with Crippen molar-refractivity contribution in [2.24, 2.45) is 0 Å². The lowest BCUT2D eigenvalue weighted by molar-refractivity contribution is -0.138. The minimum atomic E-state index is -0.395. The van der Waals surface area contributed by atoms with E-state index in [1.54, 1.807) is 0 Å². The summed E-state index contributed by atoms with van der Waals surface area (Å²) in [5, 5.41) is 0. The monoisotopic (exact) mass is 177 g/mol. The zero-order valence-electron chi connectivity index (χ0n) is 6.55. The van der Waals surface area contributed by atoms with Gasteiger partial charge in [0.2, 0.25) is 0 Å². The fourth-order valence-corrected chi connectivity index (χ4v) is 0.540. The molecule has 0 atom stereocenters. The topological polar surface area (TPSA) is 29.5 Å². The minimum Gasteiger partial charge on any atom is -0.461 e. The molecule has 0 bridgehead atoms. The van der Waals surface area contributed by atoms with Crippen LogP contribution in [-0.4, -0.2) is 37.1 Å². The molecule has 0 aliphatic heterocycles. The van der Waals surface area contributed by atoms with Crippen LogP contribution in [0.15, 0.2) is 12.7 Å². The number of carbonyl (C=O) groups excluding carboxylic acids is 1. The van der Waals surface area contributed by atoms with E-state index in [2.05, 4.69) is 6.58 Å². The first-order valence-electron chi connectivity index (χ1n) is 3.24. The third-order valence-corrected chi connectivity index (χ3v) is 1.50. The number of rotatable bonds is 5. The Morgan fingerprint density at radius 2 is 2.45 bits per heavy atom. The van der Waals surface area contributed by atoms with Crippen molar-refractivity contribution in [1.82, 2.24) is 4.90 Å². The Bertz CT molecular complexity index is 138. The Labute approximate surface area is 71.6 Å². The van der Waals surface area contributed by atoms with E-state index in [1.807, 2.05) is 11.9 Å². The number of hydrogen-bond donors (Lipinski definition) is 0. The Morgan fingerprint density at radius 3 is 2.91 bits per heavy atom. The van der Waals surface area contributed by atoms with Gasteiger partial charge in [0, 0.05) is 12.6 Å². The molecule has 0 radical (unpaired) electrons. The van der Waals surface area contributed by atoms with Crippen molar-refractivity contribution in [2.45, 2.75) is 0 Å². The Hall–Kier alpha value is -0.540. The first kappa shape index (κ1) is 10.5. The zero-order chi connectivity index (χ0) is 8.69. The molecule has 0 spiro atoms. The van der Waals surface area contributed by atoms with Crippen LogP contribution in [0.5, 0.6) is 0 Å². The predicted molar refractivity (Wildman–Crippen MR) is 44.5 cm³/mol. The van der Waals surface area contributed by atoms with Gasteiger partial charge < -0.3 is 4.74 Å². The van der Waals surface area contributed by atoms with E-state index in [0.717, 1.165) is 6.08 Å². The van der Waals surface area contributed by atoms with E-state index in [9.17, 15) is 4.79 Å². The molecule has 0 saturated carbocycles. The summed E-state index contributed by atoms with van der Waals surface area (Å²) in [5.41, 5.74) is 0. The molecule has 0 aromatic heterocycles. The molecule has 0 aliphatic rings. The normalized spacial score (nSPS) is 9.73. The highest BCUT2D eigenvalue weighted by Gasteiger charge is 1.97. The summed E-state index contributed by atoms with van der Waals surface area (Å²) in [6, 6.07) is 0.436. The van der Waals surface area contributed by atoms with E-state index in [4.69, 9.17) is 16.3 Å². The Balaban J connectivity index is 3.26. The van der Waals surface area contributed by atoms with Crippen LogP contribution in [0.4, 0.5) is 0 Å². The standard InChI is InChI=1S/C7H12ClNO2/c1-3-7(10)11-5-4-9(2)6-8/h3H,1,4-6H2,2H3. The second-order valence-corrected chi connectivity index (χ2v) is 2.31. The zero-order valence-corrected chi connectivity index (χ0v) is 7.30. The van der Waals surface area contributed by atoms with Crippen LogP contribution in [0.25, 0.3) is 0 Å². The lowest BCUT2D eigenvalue weighted by Gasteiger charge is -2.11. The molecular formula is C7H12ClNO2. The van der Waals surface area contributed by atoms with E-state index < -0.39 is 5.97 Å². The summed E-state index contributed by atoms with van der Waals surface area (Å²) in [6.45, 7) is 4.26. The molecule has 0 saturated heterocycles. The van der Waals surface area contributed by atoms with Crippen molar-refractivity contribution in [2.75, 3.05) is 26.2 Å². The summed E-state index contributed by atoms with van der Waals surface area (Å²) >= 11 is 5.47. The van der Waals surface area contributed by atoms with Crippen LogP contribution in [0.3, 0.4) is 0 Å². The van der Waals surface area contributed by atoms with Crippen LogP contribution in [0, 0.1) is 0 Å². The van der Waals surface area contributed by atoms with E-state index in [1.165, 1.54) is 0 Å². The molecule has 64 valence electrons. The van der Waals surface area contributed by atoms with Crippen LogP contribution in [0.1, 0.15) is 0 Å². The number of ether oxygens (including phenoxy) is 1. The highest BCUT2D eigenvalue weighted by molar-refractivity contribution is 6.17. The molecule has 0 heterocycles. The first-order valence-corrected chi connectivity index (χ1v) is 3.78. The second kappa shape index (κ2) is 6.19. The largest absolute Gasteiger partial charge is 0.461 e. The van der Waals surface area contributed by atoms with Gasteiger partial charge in [0.1, 0.15) is 6.61 Å². The van der Waals surface area contributed by atoms with Gasteiger partial charge in [-0.3, -0.25) is 4.90 Å². The molecule has 0 aromatic rings. The molecule has 0 N–H and O–H groups in total. The number of carbonyl (C=O) groups is 1. The van der Waals surface area contributed by atoms with Gasteiger partial charge in [-0.2, -0.15) is 0 Å². The van der Waals surface area contributed by atoms with E-state index in [0.29, 0.717) is 19.2 Å². The minimum absolute atomic E-state index is 0.355. The SMILES string of the molecule is C=CC(=O)OCCN(C)CCl. The number of nitrogens with zero attached hydrogens (tertiary/aromatic N) is 1. The average Bonchev–Trinajstić information content (AvgIpc) is 2.04. The van der Waals surface area contributed by atoms with Gasteiger partial charge in [-0.15, -0.1) is 11.6 Å². The highest BCUT2D eigenvalue weighted by atomic mass is 35.5. The van der Waals surface area contributed by atoms with Crippen LogP contribution in [-0.2, 0) is 9.53 Å². The molecule has 0 fully saturated rings. The molecule has 4 heteroatoms. The molecule has 0 aliphatic carbocycles. The summed E-state index contributed by atoms with van der Waals surface area (Å²) in [5.74, 6) is -0.395. The van der Waals surface area contributed by atoms with Crippen LogP contribution < -0.4 is 0 Å². The summed E-state index contributed by atoms with van der Waals surface area (Å²) in [7, 11) is 1.84. The van der Waals surface area contributed by atoms with Gasteiger partial charge in [0.15, 0.2) is 0 Å². The maximum atomic E-state index is 10.5. The number of alkyl halides is 1. The number of hydrogen-bond acceptors (Lipinski definition) is 3. The van der Waals surface area contributed by atoms with Gasteiger partial charge in [0.05, 0.1) is 6.00 Å². The smallest absolute Gasteiger partial charge is 0.330 e. The fraction of sp³-hybridized carbons (Fsp3) is 0.571. The molecule has 0 unspecified atom stereocenters. The second-order valence-electron chi connectivity index (χ2n) is 2.07. The third-order valence-electron chi connectivity index (χ3n) is 1.09. The lowest BCUT2D eigenvalue weighted by atomic mass is 10.6. The summed E-state index contributed by atoms with van der Waals surface area (Å²) < 4.78 is 4.71. The molecule has 3 nitrogen and oxygen atoms in total. The lowest BCUT2D eigenvalue weighted by Crippen LogP contribution is -2.22. The summed E-state index contributed by atoms with van der Waals surface area (Å²) in [6.07, 6.45) is 1.14. The predicted octanol–water partition coefficient (Wildman–Crippen LogP) is 0.844. The Morgan fingerprint density at radius 1 is 1.82 bits per heavy atom. The quantitative estimate of drug-likeness (QED) is 0.270. The maximum Gasteiger partial charge on any atom is 0.330 e. The maximum absolute atomic E-state index is 10.5. The van der Waals surface area contributed by atoms with E-state index in [-0.39, 0.29) is 0 Å². The number of halogens is 1. The number of esters is 1. The average molecular weight is 178 g/mol. The molecule has 0 aromatic carbocycles. The molecule has 0 rings (SSSR count). The fourth-order valence-electron chi connectivity index (χ4n) is 0.421. The van der Waals surface area contributed by atoms with Crippen molar-refractivity contribution in [3.8, 4) is 0 Å². The highest BCUT2D eigenvalue weighted by Crippen LogP contribution is 1.86. The van der Waals surface area contributed by atoms with Crippen molar-refractivity contribution in [3.05, 3.63) is 12.7 Å². The van der Waals surface area contributed by atoms with Crippen molar-refractivity contribution in [1.29, 1.82) is 0 Å². The number of likely N-dealkylation sites (N-methyl/N-ethyl adjacent to an activating group) is 1. The van der Waals surface area contributed by atoms with Gasteiger partial charge in [-0.1, -0.05) is 6.58 Å². The Kier molecular flexibility index (Phi) is 5.88. The van der Waals surface area contributed by atoms with Crippen LogP contribution in [0.2, 0.25) is 0 Å². The van der Waals surface area contributed by atoms with E-state index >= 15 is 0 Å². The van der Waals surface area contributed by atoms with Gasteiger partial charge >= 0.3 is 5.97 Å². The molecular weight excluding hydrogens is 166 g/mol. The van der Waals surface area contributed by atoms with Gasteiger partial charge in [-0.25, -0.2) is 4.79 Å². The van der Waals surface area contributed by atoms with Crippen molar-refractivity contribution >= 4 is 17.6 Å². The summed E-state index contributed by atoms with van der Waals surface area (Å²) in [4.78, 5) is 12.3. The van der Waals surface area contributed by atoms with Crippen LogP contribution >= 0.6 is 11.6 Å². The van der Waals surface area contributed by atoms with Crippen molar-refractivity contribution < 1.29 is 9.53 Å². The van der Waals surface area contributed by atoms with Gasteiger partial charge in [-0.05, 0) is 7.05 Å². The first-order chi connectivity index (χ1) is 5.20.